The third-order valence-corrected chi connectivity index (χ3v) is 3.95. The largest absolute Gasteiger partial charge is 0.511 e. The molecular formula is C7H10F3NO3S. The zero-order valence-electron chi connectivity index (χ0n) is 7.70. The summed E-state index contributed by atoms with van der Waals surface area (Å²) in [4.78, 5) is 10.3. The monoisotopic (exact) mass is 245 g/mol. The first-order chi connectivity index (χ1) is 6.79. The first kappa shape index (κ1) is 12.4. The first-order valence-corrected chi connectivity index (χ1v) is 5.75. The number of nitrogens with zero attached hydrogens (tertiary/aromatic N) is 1. The standard InChI is InChI=1S/C7H10F3NO3S/c8-7(9,10)15(13,14)11-3-1-6(5-12)2-4-11/h5-6H,1-4H2. The fourth-order valence-corrected chi connectivity index (χ4v) is 2.38. The Morgan fingerprint density at radius 2 is 1.67 bits per heavy atom. The number of hydrogen-bond acceptors (Lipinski definition) is 3. The molecule has 1 aliphatic heterocycles. The number of hydrogen-bond donors (Lipinski definition) is 0. The first-order valence-electron chi connectivity index (χ1n) is 4.30. The molecule has 0 saturated carbocycles. The molecule has 1 heterocycles. The highest BCUT2D eigenvalue weighted by molar-refractivity contribution is 7.90. The smallest absolute Gasteiger partial charge is 0.303 e. The van der Waals surface area contributed by atoms with Crippen molar-refractivity contribution in [3.8, 4) is 0 Å². The van der Waals surface area contributed by atoms with E-state index in [0.29, 0.717) is 10.6 Å². The van der Waals surface area contributed by atoms with E-state index >= 15 is 0 Å². The van der Waals surface area contributed by atoms with E-state index in [0.717, 1.165) is 0 Å². The number of sulfonamides is 1. The van der Waals surface area contributed by atoms with Crippen LogP contribution in [0.15, 0.2) is 0 Å². The van der Waals surface area contributed by atoms with Gasteiger partial charge in [-0.15, -0.1) is 0 Å². The van der Waals surface area contributed by atoms with Crippen molar-refractivity contribution in [1.29, 1.82) is 0 Å². The van der Waals surface area contributed by atoms with Gasteiger partial charge in [-0.1, -0.05) is 0 Å². The summed E-state index contributed by atoms with van der Waals surface area (Å²) in [6.07, 6.45) is 0.954. The molecule has 15 heavy (non-hydrogen) atoms. The van der Waals surface area contributed by atoms with Crippen molar-refractivity contribution >= 4 is 16.3 Å². The van der Waals surface area contributed by atoms with Crippen molar-refractivity contribution in [2.45, 2.75) is 18.3 Å². The zero-order chi connectivity index (χ0) is 11.7. The van der Waals surface area contributed by atoms with Crippen LogP contribution in [0.4, 0.5) is 13.2 Å². The summed E-state index contributed by atoms with van der Waals surface area (Å²) in [6.45, 7) is -0.490. The number of rotatable bonds is 2. The van der Waals surface area contributed by atoms with E-state index in [1.165, 1.54) is 0 Å². The lowest BCUT2D eigenvalue weighted by atomic mass is 10.0. The highest BCUT2D eigenvalue weighted by atomic mass is 32.2. The van der Waals surface area contributed by atoms with Gasteiger partial charge in [0.25, 0.3) is 0 Å². The van der Waals surface area contributed by atoms with Gasteiger partial charge in [-0.05, 0) is 12.8 Å². The molecule has 0 spiro atoms. The number of alkyl halides is 3. The number of piperidine rings is 1. The van der Waals surface area contributed by atoms with Gasteiger partial charge in [-0.2, -0.15) is 17.5 Å². The molecule has 0 bridgehead atoms. The molecular weight excluding hydrogens is 235 g/mol. The summed E-state index contributed by atoms with van der Waals surface area (Å²) in [6, 6.07) is 0. The summed E-state index contributed by atoms with van der Waals surface area (Å²) >= 11 is 0. The van der Waals surface area contributed by atoms with Crippen LogP contribution < -0.4 is 0 Å². The molecule has 1 aliphatic rings. The predicted octanol–water partition coefficient (Wildman–Crippen LogP) is 0.747. The second kappa shape index (κ2) is 4.09. The van der Waals surface area contributed by atoms with Gasteiger partial charge in [0.2, 0.25) is 0 Å². The Kier molecular flexibility index (Phi) is 3.39. The molecule has 0 radical (unpaired) electrons. The van der Waals surface area contributed by atoms with Crippen molar-refractivity contribution < 1.29 is 26.4 Å². The van der Waals surface area contributed by atoms with E-state index in [4.69, 9.17) is 0 Å². The maximum absolute atomic E-state index is 12.1. The Bertz CT molecular complexity index is 330. The molecule has 8 heteroatoms. The third kappa shape index (κ3) is 2.49. The second-order valence-corrected chi connectivity index (χ2v) is 5.25. The fraction of sp³-hybridized carbons (Fsp3) is 0.857. The summed E-state index contributed by atoms with van der Waals surface area (Å²) < 4.78 is 58.5. The van der Waals surface area contributed by atoms with Crippen molar-refractivity contribution in [2.24, 2.45) is 5.92 Å². The van der Waals surface area contributed by atoms with Gasteiger partial charge in [0.05, 0.1) is 0 Å². The zero-order valence-corrected chi connectivity index (χ0v) is 8.51. The van der Waals surface area contributed by atoms with E-state index < -0.39 is 15.5 Å². The average Bonchev–Trinajstić information content (AvgIpc) is 2.16. The van der Waals surface area contributed by atoms with E-state index in [1.54, 1.807) is 0 Å². The predicted molar refractivity (Wildman–Crippen MR) is 45.3 cm³/mol. The molecule has 4 nitrogen and oxygen atoms in total. The Morgan fingerprint density at radius 3 is 2.00 bits per heavy atom. The van der Waals surface area contributed by atoms with Gasteiger partial charge in [0.1, 0.15) is 6.29 Å². The Morgan fingerprint density at radius 1 is 1.20 bits per heavy atom. The molecule has 0 N–H and O–H groups in total. The van der Waals surface area contributed by atoms with Gasteiger partial charge in [-0.25, -0.2) is 8.42 Å². The fourth-order valence-electron chi connectivity index (χ4n) is 1.40. The van der Waals surface area contributed by atoms with Gasteiger partial charge in [0, 0.05) is 19.0 Å². The summed E-state index contributed by atoms with van der Waals surface area (Å²) in [5, 5.41) is 0. The van der Waals surface area contributed by atoms with Crippen LogP contribution in [-0.2, 0) is 14.8 Å². The maximum Gasteiger partial charge on any atom is 0.511 e. The molecule has 0 unspecified atom stereocenters. The number of aldehydes is 1. The van der Waals surface area contributed by atoms with Crippen molar-refractivity contribution in [3.63, 3.8) is 0 Å². The van der Waals surface area contributed by atoms with E-state index in [9.17, 15) is 26.4 Å². The van der Waals surface area contributed by atoms with Gasteiger partial charge < -0.3 is 4.79 Å². The van der Waals surface area contributed by atoms with Crippen LogP contribution >= 0.6 is 0 Å². The van der Waals surface area contributed by atoms with Gasteiger partial charge in [0.15, 0.2) is 0 Å². The minimum absolute atomic E-state index is 0.152. The number of carbonyl (C=O) groups excluding carboxylic acids is 1. The van der Waals surface area contributed by atoms with Crippen molar-refractivity contribution in [3.05, 3.63) is 0 Å². The molecule has 0 aromatic carbocycles. The highest BCUT2D eigenvalue weighted by Gasteiger charge is 2.50. The van der Waals surface area contributed by atoms with Crippen LogP contribution in [0.25, 0.3) is 0 Å². The van der Waals surface area contributed by atoms with Crippen molar-refractivity contribution in [2.75, 3.05) is 13.1 Å². The minimum atomic E-state index is -5.25. The molecule has 0 aromatic heterocycles. The Balaban J connectivity index is 2.73. The molecule has 0 aromatic rings. The highest BCUT2D eigenvalue weighted by Crippen LogP contribution is 2.29. The van der Waals surface area contributed by atoms with Crippen LogP contribution in [0.2, 0.25) is 0 Å². The van der Waals surface area contributed by atoms with Gasteiger partial charge >= 0.3 is 15.5 Å². The van der Waals surface area contributed by atoms with Crippen LogP contribution in [-0.4, -0.2) is 37.6 Å². The molecule has 0 aliphatic carbocycles. The Hall–Kier alpha value is -0.630. The lowest BCUT2D eigenvalue weighted by Gasteiger charge is -2.29. The molecule has 0 amide bonds. The second-order valence-electron chi connectivity index (χ2n) is 3.32. The third-order valence-electron chi connectivity index (χ3n) is 2.32. The molecule has 0 atom stereocenters. The number of carbonyl (C=O) groups is 1. The normalized spacial score (nSPS) is 21.5. The molecule has 1 fully saturated rings. The van der Waals surface area contributed by atoms with Crippen LogP contribution in [0.1, 0.15) is 12.8 Å². The average molecular weight is 245 g/mol. The summed E-state index contributed by atoms with van der Waals surface area (Å²) in [7, 11) is -5.21. The van der Waals surface area contributed by atoms with E-state index in [-0.39, 0.29) is 31.8 Å². The van der Waals surface area contributed by atoms with Crippen LogP contribution in [0.5, 0.6) is 0 Å². The maximum atomic E-state index is 12.1. The van der Waals surface area contributed by atoms with E-state index in [2.05, 4.69) is 0 Å². The molecule has 1 saturated heterocycles. The SMILES string of the molecule is O=CC1CCN(S(=O)(=O)C(F)(F)F)CC1. The van der Waals surface area contributed by atoms with Crippen molar-refractivity contribution in [1.82, 2.24) is 4.31 Å². The molecule has 88 valence electrons. The topological polar surface area (TPSA) is 54.5 Å². The lowest BCUT2D eigenvalue weighted by Crippen LogP contribution is -2.45. The van der Waals surface area contributed by atoms with Crippen LogP contribution in [0, 0.1) is 5.92 Å². The lowest BCUT2D eigenvalue weighted by molar-refractivity contribution is -0.112. The quantitative estimate of drug-likeness (QED) is 0.674. The Labute approximate surface area is 85.1 Å². The van der Waals surface area contributed by atoms with E-state index in [1.807, 2.05) is 0 Å². The summed E-state index contributed by atoms with van der Waals surface area (Å²) in [5.74, 6) is -0.329. The summed E-state index contributed by atoms with van der Waals surface area (Å²) in [5.41, 5.74) is -5.25. The minimum Gasteiger partial charge on any atom is -0.303 e. The van der Waals surface area contributed by atoms with Crippen LogP contribution in [0.3, 0.4) is 0 Å². The molecule has 1 rings (SSSR count). The van der Waals surface area contributed by atoms with Gasteiger partial charge in [-0.3, -0.25) is 0 Å². The number of halogens is 3.